The van der Waals surface area contributed by atoms with Gasteiger partial charge < -0.3 is 9.84 Å². The van der Waals surface area contributed by atoms with Gasteiger partial charge in [-0.1, -0.05) is 30.3 Å². The Hall–Kier alpha value is -1.84. The lowest BCUT2D eigenvalue weighted by Crippen LogP contribution is -2.36. The van der Waals surface area contributed by atoms with Crippen LogP contribution in [0.2, 0.25) is 0 Å². The van der Waals surface area contributed by atoms with Crippen molar-refractivity contribution in [1.82, 2.24) is 0 Å². The molecule has 1 aliphatic heterocycles. The molecule has 1 unspecified atom stereocenters. The molecule has 1 aromatic rings. The van der Waals surface area contributed by atoms with E-state index in [-0.39, 0.29) is 5.54 Å². The first-order valence-corrected chi connectivity index (χ1v) is 6.47. The summed E-state index contributed by atoms with van der Waals surface area (Å²) in [5.41, 5.74) is 0.738. The van der Waals surface area contributed by atoms with Crippen LogP contribution >= 0.6 is 0 Å². The molecular weight excluding hydrogens is 242 g/mol. The van der Waals surface area contributed by atoms with E-state index in [1.54, 1.807) is 0 Å². The molecule has 0 saturated carbocycles. The lowest BCUT2D eigenvalue weighted by molar-refractivity contribution is -0.139. The summed E-state index contributed by atoms with van der Waals surface area (Å²) < 4.78 is 5.48. The van der Waals surface area contributed by atoms with E-state index in [1.807, 2.05) is 44.2 Å². The highest BCUT2D eigenvalue weighted by Crippen LogP contribution is 2.23. The molecule has 0 radical (unpaired) electrons. The maximum absolute atomic E-state index is 11.5. The van der Waals surface area contributed by atoms with Crippen molar-refractivity contribution in [1.29, 1.82) is 0 Å². The average molecular weight is 261 g/mol. The zero-order chi connectivity index (χ0) is 13.9. The number of aliphatic carboxylic acids is 1. The maximum Gasteiger partial charge on any atom is 0.316 e. The first kappa shape index (κ1) is 13.6. The molecule has 1 N–H and O–H groups in total. The number of rotatable bonds is 4. The standard InChI is InChI=1S/C15H19NO3/c1-15(2)8-9-19-13(16-15)12(14(17)18)10-11-6-4-3-5-7-11/h3-7,12H,8-10H2,1-2H3,(H,17,18). The number of hydrogen-bond donors (Lipinski definition) is 1. The Labute approximate surface area is 113 Å². The van der Waals surface area contributed by atoms with E-state index in [0.29, 0.717) is 18.9 Å². The van der Waals surface area contributed by atoms with E-state index in [0.717, 1.165) is 12.0 Å². The third-order valence-electron chi connectivity index (χ3n) is 3.26. The number of aliphatic imine (C=N–C) groups is 1. The minimum absolute atomic E-state index is 0.238. The fourth-order valence-electron chi connectivity index (χ4n) is 2.10. The van der Waals surface area contributed by atoms with Crippen molar-refractivity contribution in [3.05, 3.63) is 35.9 Å². The van der Waals surface area contributed by atoms with Crippen LogP contribution in [0.1, 0.15) is 25.8 Å². The Kier molecular flexibility index (Phi) is 3.88. The third-order valence-corrected chi connectivity index (χ3v) is 3.26. The van der Waals surface area contributed by atoms with Crippen molar-refractivity contribution in [2.24, 2.45) is 10.9 Å². The molecule has 102 valence electrons. The highest BCUT2D eigenvalue weighted by Gasteiger charge is 2.32. The van der Waals surface area contributed by atoms with Gasteiger partial charge in [-0.25, -0.2) is 4.99 Å². The first-order valence-electron chi connectivity index (χ1n) is 6.47. The summed E-state index contributed by atoms with van der Waals surface area (Å²) in [5, 5.41) is 9.40. The number of carboxylic acids is 1. The van der Waals surface area contributed by atoms with Crippen molar-refractivity contribution < 1.29 is 14.6 Å². The minimum Gasteiger partial charge on any atom is -0.481 e. The number of ether oxygens (including phenoxy) is 1. The van der Waals surface area contributed by atoms with Gasteiger partial charge in [0.25, 0.3) is 0 Å². The molecule has 0 saturated heterocycles. The molecule has 0 spiro atoms. The third kappa shape index (κ3) is 3.56. The molecule has 1 aliphatic rings. The number of hydrogen-bond acceptors (Lipinski definition) is 3. The predicted molar refractivity (Wildman–Crippen MR) is 73.4 cm³/mol. The SMILES string of the molecule is CC1(C)CCOC(C(Cc2ccccc2)C(=O)O)=N1. The molecule has 0 aromatic heterocycles. The molecule has 0 bridgehead atoms. The fourth-order valence-corrected chi connectivity index (χ4v) is 2.10. The summed E-state index contributed by atoms with van der Waals surface area (Å²) in [5.74, 6) is -1.24. The quantitative estimate of drug-likeness (QED) is 0.906. The second-order valence-corrected chi connectivity index (χ2v) is 5.44. The van der Waals surface area contributed by atoms with Gasteiger partial charge in [0.05, 0.1) is 12.1 Å². The van der Waals surface area contributed by atoms with Crippen molar-refractivity contribution in [2.75, 3.05) is 6.61 Å². The lowest BCUT2D eigenvalue weighted by atomic mass is 9.96. The van der Waals surface area contributed by atoms with E-state index >= 15 is 0 Å². The normalized spacial score (nSPS) is 19.2. The van der Waals surface area contributed by atoms with Crippen LogP contribution in [0.3, 0.4) is 0 Å². The highest BCUT2D eigenvalue weighted by molar-refractivity contribution is 5.97. The second-order valence-electron chi connectivity index (χ2n) is 5.44. The zero-order valence-corrected chi connectivity index (χ0v) is 11.3. The molecule has 2 rings (SSSR count). The molecule has 0 fully saturated rings. The van der Waals surface area contributed by atoms with Crippen LogP contribution in [-0.2, 0) is 16.0 Å². The average Bonchev–Trinajstić information content (AvgIpc) is 2.35. The molecule has 1 aromatic carbocycles. The summed E-state index contributed by atoms with van der Waals surface area (Å²) in [6, 6.07) is 9.56. The fraction of sp³-hybridized carbons (Fsp3) is 0.467. The van der Waals surface area contributed by atoms with E-state index in [9.17, 15) is 9.90 Å². The van der Waals surface area contributed by atoms with Gasteiger partial charge in [-0.15, -0.1) is 0 Å². The molecule has 0 amide bonds. The molecule has 19 heavy (non-hydrogen) atoms. The minimum atomic E-state index is -0.889. The molecule has 1 atom stereocenters. The second kappa shape index (κ2) is 5.43. The van der Waals surface area contributed by atoms with Gasteiger partial charge in [0.2, 0.25) is 0 Å². The Morgan fingerprint density at radius 2 is 2.11 bits per heavy atom. The zero-order valence-electron chi connectivity index (χ0n) is 11.3. The van der Waals surface area contributed by atoms with E-state index in [1.165, 1.54) is 0 Å². The molecule has 0 aliphatic carbocycles. The van der Waals surface area contributed by atoms with Crippen LogP contribution in [0.25, 0.3) is 0 Å². The van der Waals surface area contributed by atoms with Gasteiger partial charge in [0, 0.05) is 6.42 Å². The van der Waals surface area contributed by atoms with Gasteiger partial charge in [-0.05, 0) is 25.8 Å². The van der Waals surface area contributed by atoms with E-state index in [2.05, 4.69) is 4.99 Å². The monoisotopic (exact) mass is 261 g/mol. The van der Waals surface area contributed by atoms with Gasteiger partial charge in [0.1, 0.15) is 5.92 Å². The Morgan fingerprint density at radius 3 is 2.68 bits per heavy atom. The van der Waals surface area contributed by atoms with Crippen molar-refractivity contribution in [3.63, 3.8) is 0 Å². The van der Waals surface area contributed by atoms with Crippen LogP contribution in [0, 0.1) is 5.92 Å². The number of carbonyl (C=O) groups is 1. The predicted octanol–water partition coefficient (Wildman–Crippen LogP) is 2.53. The van der Waals surface area contributed by atoms with Crippen LogP contribution in [0.15, 0.2) is 35.3 Å². The van der Waals surface area contributed by atoms with Crippen molar-refractivity contribution in [2.45, 2.75) is 32.2 Å². The summed E-state index contributed by atoms with van der Waals surface area (Å²) in [6.45, 7) is 4.53. The van der Waals surface area contributed by atoms with Crippen LogP contribution in [0.5, 0.6) is 0 Å². The van der Waals surface area contributed by atoms with Gasteiger partial charge in [-0.2, -0.15) is 0 Å². The largest absolute Gasteiger partial charge is 0.481 e. The smallest absolute Gasteiger partial charge is 0.316 e. The number of nitrogens with zero attached hydrogens (tertiary/aromatic N) is 1. The number of carboxylic acid groups (broad SMARTS) is 1. The topological polar surface area (TPSA) is 58.9 Å². The van der Waals surface area contributed by atoms with Crippen LogP contribution in [-0.4, -0.2) is 29.1 Å². The summed E-state index contributed by atoms with van der Waals surface area (Å²) >= 11 is 0. The number of benzene rings is 1. The molecule has 1 heterocycles. The highest BCUT2D eigenvalue weighted by atomic mass is 16.5. The van der Waals surface area contributed by atoms with Crippen molar-refractivity contribution in [3.8, 4) is 0 Å². The molecular formula is C15H19NO3. The van der Waals surface area contributed by atoms with Gasteiger partial charge in [0.15, 0.2) is 5.90 Å². The van der Waals surface area contributed by atoms with E-state index in [4.69, 9.17) is 4.74 Å². The maximum atomic E-state index is 11.5. The van der Waals surface area contributed by atoms with Gasteiger partial charge in [-0.3, -0.25) is 4.79 Å². The van der Waals surface area contributed by atoms with Crippen molar-refractivity contribution >= 4 is 11.9 Å². The van der Waals surface area contributed by atoms with Crippen LogP contribution < -0.4 is 0 Å². The Balaban J connectivity index is 2.21. The summed E-state index contributed by atoms with van der Waals surface area (Å²) in [6.07, 6.45) is 1.22. The van der Waals surface area contributed by atoms with E-state index < -0.39 is 11.9 Å². The summed E-state index contributed by atoms with van der Waals surface area (Å²) in [4.78, 5) is 15.9. The molecule has 4 heteroatoms. The Bertz CT molecular complexity index is 479. The summed E-state index contributed by atoms with van der Waals surface area (Å²) in [7, 11) is 0. The first-order chi connectivity index (χ1) is 8.98. The Morgan fingerprint density at radius 1 is 1.42 bits per heavy atom. The van der Waals surface area contributed by atoms with Crippen LogP contribution in [0.4, 0.5) is 0 Å². The van der Waals surface area contributed by atoms with Gasteiger partial charge >= 0.3 is 5.97 Å². The lowest BCUT2D eigenvalue weighted by Gasteiger charge is -2.29. The molecule has 4 nitrogen and oxygen atoms in total.